The molecular weight excluding hydrogens is 632 g/mol. The predicted molar refractivity (Wildman–Crippen MR) is 169 cm³/mol. The van der Waals surface area contributed by atoms with Crippen LogP contribution in [0.15, 0.2) is 115 Å². The first-order chi connectivity index (χ1) is 20.7. The minimum atomic E-state index is -0.689. The zero-order chi connectivity index (χ0) is 30.2. The molecule has 9 nitrogen and oxygen atoms in total. The molecule has 0 saturated carbocycles. The highest BCUT2D eigenvalue weighted by Crippen LogP contribution is 2.33. The van der Waals surface area contributed by atoms with E-state index in [9.17, 15) is 19.7 Å². The Hall–Kier alpha value is -4.87. The molecule has 5 aromatic rings. The smallest absolute Gasteiger partial charge is 0.271 e. The summed E-state index contributed by atoms with van der Waals surface area (Å²) < 4.78 is 8.47. The number of fused-ring (bicyclic) bond motifs is 1. The number of thiazole rings is 1. The molecule has 0 bridgehead atoms. The Kier molecular flexibility index (Phi) is 7.51. The number of aromatic nitrogens is 1. The van der Waals surface area contributed by atoms with Gasteiger partial charge in [0.2, 0.25) is 0 Å². The standard InChI is InChI=1S/C32H23BrN4O5S/c1-18-8-10-20(11-9-18)29-28(30(38)35-21-6-4-3-5-7-21)19(2)34-32-36(29)31(39)27(43-32)17-23-13-15-26(42-23)24-14-12-22(37(40)41)16-25(24)33/h3-17,29H,1-2H3,(H,35,38)/b27-17-. The second kappa shape index (κ2) is 11.4. The van der Waals surface area contributed by atoms with Crippen molar-refractivity contribution in [1.29, 1.82) is 0 Å². The van der Waals surface area contributed by atoms with Gasteiger partial charge in [-0.3, -0.25) is 24.3 Å². The lowest BCUT2D eigenvalue weighted by atomic mass is 9.94. The van der Waals surface area contributed by atoms with Crippen LogP contribution in [0.3, 0.4) is 0 Å². The number of non-ortho nitro benzene ring substituents is 1. The minimum absolute atomic E-state index is 0.0428. The highest BCUT2D eigenvalue weighted by atomic mass is 79.9. The van der Waals surface area contributed by atoms with Gasteiger partial charge < -0.3 is 9.73 Å². The zero-order valence-corrected chi connectivity index (χ0v) is 25.3. The van der Waals surface area contributed by atoms with Gasteiger partial charge in [-0.15, -0.1) is 0 Å². The third-order valence-electron chi connectivity index (χ3n) is 7.02. The first-order valence-corrected chi connectivity index (χ1v) is 14.8. The van der Waals surface area contributed by atoms with Crippen molar-refractivity contribution < 1.29 is 14.1 Å². The maximum Gasteiger partial charge on any atom is 0.271 e. The van der Waals surface area contributed by atoms with Crippen LogP contribution in [0.4, 0.5) is 11.4 Å². The number of nitrogens with zero attached hydrogens (tertiary/aromatic N) is 3. The van der Waals surface area contributed by atoms with Crippen molar-refractivity contribution in [3.05, 3.63) is 147 Å². The number of nitrogens with one attached hydrogen (secondary N) is 1. The van der Waals surface area contributed by atoms with Crippen molar-refractivity contribution in [3.8, 4) is 11.3 Å². The van der Waals surface area contributed by atoms with Gasteiger partial charge in [-0.2, -0.15) is 0 Å². The van der Waals surface area contributed by atoms with Gasteiger partial charge in [0.05, 0.1) is 26.8 Å². The van der Waals surface area contributed by atoms with E-state index in [0.29, 0.717) is 47.8 Å². The Morgan fingerprint density at radius 3 is 2.51 bits per heavy atom. The largest absolute Gasteiger partial charge is 0.457 e. The first kappa shape index (κ1) is 28.3. The topological polar surface area (TPSA) is 120 Å². The van der Waals surface area contributed by atoms with E-state index in [1.807, 2.05) is 49.4 Å². The molecule has 0 fully saturated rings. The number of allylic oxidation sites excluding steroid dienone is 1. The van der Waals surface area contributed by atoms with Gasteiger partial charge in [0, 0.05) is 33.9 Å². The lowest BCUT2D eigenvalue weighted by molar-refractivity contribution is -0.384. The van der Waals surface area contributed by atoms with Crippen LogP contribution >= 0.6 is 27.3 Å². The maximum absolute atomic E-state index is 13.9. The average Bonchev–Trinajstić information content (AvgIpc) is 3.57. The minimum Gasteiger partial charge on any atom is -0.457 e. The Morgan fingerprint density at radius 2 is 1.81 bits per heavy atom. The van der Waals surface area contributed by atoms with Crippen molar-refractivity contribution in [2.24, 2.45) is 4.99 Å². The highest BCUT2D eigenvalue weighted by Gasteiger charge is 2.32. The highest BCUT2D eigenvalue weighted by molar-refractivity contribution is 9.10. The molecule has 0 spiro atoms. The molecule has 6 rings (SSSR count). The monoisotopic (exact) mass is 654 g/mol. The van der Waals surface area contributed by atoms with E-state index in [1.54, 1.807) is 47.9 Å². The van der Waals surface area contributed by atoms with Crippen molar-refractivity contribution in [1.82, 2.24) is 4.57 Å². The van der Waals surface area contributed by atoms with E-state index < -0.39 is 11.0 Å². The molecule has 3 heterocycles. The molecule has 2 aromatic heterocycles. The van der Waals surface area contributed by atoms with Gasteiger partial charge in [0.15, 0.2) is 4.80 Å². The second-order valence-electron chi connectivity index (χ2n) is 9.94. The summed E-state index contributed by atoms with van der Waals surface area (Å²) in [7, 11) is 0. The molecule has 1 amide bonds. The number of halogens is 1. The first-order valence-electron chi connectivity index (χ1n) is 13.2. The van der Waals surface area contributed by atoms with Crippen molar-refractivity contribution >= 4 is 50.6 Å². The lowest BCUT2D eigenvalue weighted by Crippen LogP contribution is -2.40. The zero-order valence-electron chi connectivity index (χ0n) is 22.9. The fourth-order valence-electron chi connectivity index (χ4n) is 4.92. The van der Waals surface area contributed by atoms with Crippen LogP contribution in [0.2, 0.25) is 0 Å². The second-order valence-corrected chi connectivity index (χ2v) is 11.8. The van der Waals surface area contributed by atoms with Gasteiger partial charge >= 0.3 is 0 Å². The van der Waals surface area contributed by atoms with Crippen molar-refractivity contribution in [2.45, 2.75) is 19.9 Å². The van der Waals surface area contributed by atoms with Crippen LogP contribution in [0.25, 0.3) is 17.4 Å². The molecule has 11 heteroatoms. The van der Waals surface area contributed by atoms with Gasteiger partial charge in [0.1, 0.15) is 11.5 Å². The summed E-state index contributed by atoms with van der Waals surface area (Å²) in [5.41, 5.74) is 3.68. The number of para-hydroxylation sites is 1. The third-order valence-corrected chi connectivity index (χ3v) is 8.66. The summed E-state index contributed by atoms with van der Waals surface area (Å²) in [6.07, 6.45) is 1.64. The van der Waals surface area contributed by atoms with Crippen LogP contribution in [0, 0.1) is 17.0 Å². The molecule has 1 unspecified atom stereocenters. The number of hydrogen-bond donors (Lipinski definition) is 1. The molecule has 43 heavy (non-hydrogen) atoms. The molecule has 0 saturated heterocycles. The summed E-state index contributed by atoms with van der Waals surface area (Å²) in [6, 6.07) is 24.1. The summed E-state index contributed by atoms with van der Waals surface area (Å²) in [4.78, 5) is 43.4. The van der Waals surface area contributed by atoms with E-state index in [-0.39, 0.29) is 17.2 Å². The molecule has 1 N–H and O–H groups in total. The van der Waals surface area contributed by atoms with Crippen molar-refractivity contribution in [2.75, 3.05) is 5.32 Å². The number of carbonyl (C=O) groups is 1. The molecule has 0 aliphatic carbocycles. The number of furan rings is 1. The van der Waals surface area contributed by atoms with Crippen LogP contribution in [-0.2, 0) is 4.79 Å². The summed E-state index contributed by atoms with van der Waals surface area (Å²) >= 11 is 4.59. The van der Waals surface area contributed by atoms with Crippen LogP contribution in [-0.4, -0.2) is 15.4 Å². The van der Waals surface area contributed by atoms with Crippen LogP contribution in [0.5, 0.6) is 0 Å². The van der Waals surface area contributed by atoms with Gasteiger partial charge in [-0.1, -0.05) is 59.4 Å². The fourth-order valence-corrected chi connectivity index (χ4v) is 6.51. The quantitative estimate of drug-likeness (QED) is 0.175. The fraction of sp³-hybridized carbons (Fsp3) is 0.0938. The summed E-state index contributed by atoms with van der Waals surface area (Å²) in [6.45, 7) is 3.76. The molecule has 3 aromatic carbocycles. The molecule has 214 valence electrons. The molecule has 1 aliphatic rings. The summed E-state index contributed by atoms with van der Waals surface area (Å²) in [5, 5.41) is 14.1. The molecule has 1 atom stereocenters. The molecule has 0 radical (unpaired) electrons. The van der Waals surface area contributed by atoms with E-state index in [4.69, 9.17) is 4.42 Å². The maximum atomic E-state index is 13.9. The number of hydrogen-bond acceptors (Lipinski definition) is 7. The lowest BCUT2D eigenvalue weighted by Gasteiger charge is -2.25. The van der Waals surface area contributed by atoms with Crippen LogP contribution in [0.1, 0.15) is 29.9 Å². The number of nitro groups is 1. The number of carbonyl (C=O) groups excluding carboxylic acids is 1. The van der Waals surface area contributed by atoms with Gasteiger partial charge in [0.25, 0.3) is 17.2 Å². The number of rotatable bonds is 6. The number of anilines is 1. The van der Waals surface area contributed by atoms with E-state index in [1.165, 1.54) is 23.5 Å². The Labute approximate surface area is 257 Å². The predicted octanol–water partition coefficient (Wildman–Crippen LogP) is 6.11. The van der Waals surface area contributed by atoms with E-state index in [2.05, 4.69) is 26.2 Å². The van der Waals surface area contributed by atoms with E-state index in [0.717, 1.165) is 11.1 Å². The molecular formula is C32H23BrN4O5S. The molecule has 1 aliphatic heterocycles. The number of nitro benzene ring substituents is 1. The Balaban J connectivity index is 1.43. The van der Waals surface area contributed by atoms with Crippen LogP contribution < -0.4 is 20.2 Å². The number of benzene rings is 3. The number of amides is 1. The van der Waals surface area contributed by atoms with Gasteiger partial charge in [-0.25, -0.2) is 4.99 Å². The SMILES string of the molecule is CC1=C(C(=O)Nc2ccccc2)C(c2ccc(C)cc2)n2c(s/c(=C\c3ccc(-c4ccc([N+](=O)[O-])cc4Br)o3)c2=O)=N1. The van der Waals surface area contributed by atoms with E-state index >= 15 is 0 Å². The Morgan fingerprint density at radius 1 is 1.07 bits per heavy atom. The Bertz CT molecular complexity index is 2110. The summed E-state index contributed by atoms with van der Waals surface area (Å²) in [5.74, 6) is 0.570. The average molecular weight is 656 g/mol. The number of aryl methyl sites for hydroxylation is 1. The van der Waals surface area contributed by atoms with Crippen molar-refractivity contribution in [3.63, 3.8) is 0 Å². The normalized spacial score (nSPS) is 14.8. The van der Waals surface area contributed by atoms with Gasteiger partial charge in [-0.05, 0) is 65.7 Å². The third kappa shape index (κ3) is 5.52.